The van der Waals surface area contributed by atoms with Gasteiger partial charge < -0.3 is 9.64 Å². The molecule has 0 radical (unpaired) electrons. The molecule has 1 saturated heterocycles. The van der Waals surface area contributed by atoms with E-state index in [0.717, 1.165) is 18.7 Å². The molecule has 2 heterocycles. The number of benzene rings is 1. The van der Waals surface area contributed by atoms with E-state index in [4.69, 9.17) is 4.74 Å². The summed E-state index contributed by atoms with van der Waals surface area (Å²) in [4.78, 5) is 17.2. The normalized spacial score (nSPS) is 20.3. The lowest BCUT2D eigenvalue weighted by Crippen LogP contribution is -2.47. The molecule has 2 unspecified atom stereocenters. The Balaban J connectivity index is 1.97. The zero-order valence-corrected chi connectivity index (χ0v) is 15.5. The Hall–Kier alpha value is -2.47. The van der Waals surface area contributed by atoms with Crippen LogP contribution in [0.25, 0.3) is 0 Å². The van der Waals surface area contributed by atoms with Gasteiger partial charge in [-0.2, -0.15) is 0 Å². The fraction of sp³-hybridized carbons (Fsp3) is 0.450. The first kappa shape index (κ1) is 18.3. The zero-order valence-electron chi connectivity index (χ0n) is 15.5. The first-order chi connectivity index (χ1) is 12.4. The lowest BCUT2D eigenvalue weighted by Gasteiger charge is -2.44. The molecule has 1 aliphatic rings. The highest BCUT2D eigenvalue weighted by atomic mass is 16.6. The monoisotopic (exact) mass is 355 g/mol. The Morgan fingerprint density at radius 3 is 2.58 bits per heavy atom. The maximum absolute atomic E-state index is 11.0. The predicted octanol–water partition coefficient (Wildman–Crippen LogP) is 4.52. The highest BCUT2D eigenvalue weighted by Crippen LogP contribution is 2.35. The van der Waals surface area contributed by atoms with Crippen LogP contribution in [0.1, 0.15) is 45.2 Å². The summed E-state index contributed by atoms with van der Waals surface area (Å²) in [5, 5.41) is 11.0. The van der Waals surface area contributed by atoms with Crippen molar-refractivity contribution in [2.45, 2.75) is 51.3 Å². The van der Waals surface area contributed by atoms with E-state index in [1.165, 1.54) is 17.8 Å². The third-order valence-electron chi connectivity index (χ3n) is 4.97. The van der Waals surface area contributed by atoms with Crippen molar-refractivity contribution in [3.63, 3.8) is 0 Å². The largest absolute Gasteiger partial charge is 0.375 e. The molecule has 1 fully saturated rings. The summed E-state index contributed by atoms with van der Waals surface area (Å²) in [6.07, 6.45) is 3.12. The standard InChI is InChI=1S/C20H25N3O3/c1-15(16-7-5-4-6-8-16)22(17-11-12-26-20(2,3)13-17)19-10-9-18(14-21-19)23(24)25/h4-10,14-15,17H,11-13H2,1-3H3. The number of nitro groups is 1. The Bertz CT molecular complexity index is 747. The Morgan fingerprint density at radius 1 is 1.27 bits per heavy atom. The van der Waals surface area contributed by atoms with Crippen molar-refractivity contribution in [3.05, 3.63) is 64.3 Å². The number of hydrogen-bond donors (Lipinski definition) is 0. The molecule has 26 heavy (non-hydrogen) atoms. The van der Waals surface area contributed by atoms with E-state index >= 15 is 0 Å². The third-order valence-corrected chi connectivity index (χ3v) is 4.97. The second-order valence-corrected chi connectivity index (χ2v) is 7.38. The maximum Gasteiger partial charge on any atom is 0.287 e. The van der Waals surface area contributed by atoms with Gasteiger partial charge in [-0.3, -0.25) is 10.1 Å². The Morgan fingerprint density at radius 2 is 2.00 bits per heavy atom. The number of hydrogen-bond acceptors (Lipinski definition) is 5. The van der Waals surface area contributed by atoms with Gasteiger partial charge in [-0.05, 0) is 45.2 Å². The first-order valence-electron chi connectivity index (χ1n) is 8.95. The molecule has 1 aromatic heterocycles. The van der Waals surface area contributed by atoms with Crippen molar-refractivity contribution >= 4 is 11.5 Å². The SMILES string of the molecule is CC(c1ccccc1)N(c1ccc([N+](=O)[O-])cn1)C1CCOC(C)(C)C1. The van der Waals surface area contributed by atoms with E-state index in [1.807, 2.05) is 18.2 Å². The lowest BCUT2D eigenvalue weighted by atomic mass is 9.91. The Labute approximate surface area is 154 Å². The molecule has 3 rings (SSSR count). The number of pyridine rings is 1. The molecule has 138 valence electrons. The molecule has 0 amide bonds. The summed E-state index contributed by atoms with van der Waals surface area (Å²) in [7, 11) is 0. The van der Waals surface area contributed by atoms with Crippen LogP contribution in [-0.4, -0.2) is 28.2 Å². The summed E-state index contributed by atoms with van der Waals surface area (Å²) in [5.41, 5.74) is 1.00. The van der Waals surface area contributed by atoms with Gasteiger partial charge in [-0.25, -0.2) is 4.98 Å². The summed E-state index contributed by atoms with van der Waals surface area (Å²) in [6.45, 7) is 7.06. The van der Waals surface area contributed by atoms with E-state index in [2.05, 4.69) is 42.8 Å². The van der Waals surface area contributed by atoms with Crippen LogP contribution in [-0.2, 0) is 4.74 Å². The van der Waals surface area contributed by atoms with Gasteiger partial charge in [0.25, 0.3) is 5.69 Å². The first-order valence-corrected chi connectivity index (χ1v) is 8.95. The van der Waals surface area contributed by atoms with Crippen LogP contribution < -0.4 is 4.90 Å². The minimum absolute atomic E-state index is 0.00775. The topological polar surface area (TPSA) is 68.5 Å². The number of aromatic nitrogens is 1. The van der Waals surface area contributed by atoms with E-state index < -0.39 is 4.92 Å². The molecule has 0 bridgehead atoms. The van der Waals surface area contributed by atoms with Gasteiger partial charge in [-0.1, -0.05) is 30.3 Å². The fourth-order valence-corrected chi connectivity index (χ4v) is 3.67. The van der Waals surface area contributed by atoms with Crippen LogP contribution in [0.2, 0.25) is 0 Å². The van der Waals surface area contributed by atoms with Crippen LogP contribution >= 0.6 is 0 Å². The van der Waals surface area contributed by atoms with Gasteiger partial charge in [0.05, 0.1) is 16.6 Å². The van der Waals surface area contributed by atoms with Crippen LogP contribution in [0, 0.1) is 10.1 Å². The predicted molar refractivity (Wildman–Crippen MR) is 101 cm³/mol. The molecule has 0 N–H and O–H groups in total. The van der Waals surface area contributed by atoms with E-state index in [1.54, 1.807) is 6.07 Å². The van der Waals surface area contributed by atoms with Crippen LogP contribution in [0.4, 0.5) is 11.5 Å². The zero-order chi connectivity index (χ0) is 18.7. The average molecular weight is 355 g/mol. The van der Waals surface area contributed by atoms with Crippen molar-refractivity contribution in [3.8, 4) is 0 Å². The van der Waals surface area contributed by atoms with Gasteiger partial charge >= 0.3 is 0 Å². The minimum atomic E-state index is -0.417. The summed E-state index contributed by atoms with van der Waals surface area (Å²) in [5.74, 6) is 0.759. The number of ether oxygens (including phenoxy) is 1. The van der Waals surface area contributed by atoms with Crippen molar-refractivity contribution in [1.29, 1.82) is 0 Å². The molecule has 6 nitrogen and oxygen atoms in total. The fourth-order valence-electron chi connectivity index (χ4n) is 3.67. The van der Waals surface area contributed by atoms with E-state index in [0.29, 0.717) is 6.61 Å². The summed E-state index contributed by atoms with van der Waals surface area (Å²) in [6, 6.07) is 13.9. The van der Waals surface area contributed by atoms with Crippen LogP contribution in [0.5, 0.6) is 0 Å². The van der Waals surface area contributed by atoms with Gasteiger partial charge in [0, 0.05) is 18.7 Å². The molecule has 1 aliphatic heterocycles. The molecule has 0 aliphatic carbocycles. The molecular weight excluding hydrogens is 330 g/mol. The maximum atomic E-state index is 11.0. The van der Waals surface area contributed by atoms with Crippen molar-refractivity contribution in [1.82, 2.24) is 4.98 Å². The van der Waals surface area contributed by atoms with Gasteiger partial charge in [0.1, 0.15) is 12.0 Å². The van der Waals surface area contributed by atoms with Crippen LogP contribution in [0.3, 0.4) is 0 Å². The number of anilines is 1. The molecule has 0 spiro atoms. The Kier molecular flexibility index (Phi) is 5.23. The van der Waals surface area contributed by atoms with Gasteiger partial charge in [-0.15, -0.1) is 0 Å². The van der Waals surface area contributed by atoms with Crippen molar-refractivity contribution in [2.24, 2.45) is 0 Å². The average Bonchev–Trinajstić information content (AvgIpc) is 2.62. The summed E-state index contributed by atoms with van der Waals surface area (Å²) >= 11 is 0. The highest BCUT2D eigenvalue weighted by Gasteiger charge is 2.35. The molecule has 2 atom stereocenters. The smallest absolute Gasteiger partial charge is 0.287 e. The third kappa shape index (κ3) is 4.02. The minimum Gasteiger partial charge on any atom is -0.375 e. The van der Waals surface area contributed by atoms with Gasteiger partial charge in [0.2, 0.25) is 0 Å². The molecular formula is C20H25N3O3. The molecule has 6 heteroatoms. The number of nitrogens with zero attached hydrogens (tertiary/aromatic N) is 3. The van der Waals surface area contributed by atoms with Crippen molar-refractivity contribution in [2.75, 3.05) is 11.5 Å². The second-order valence-electron chi connectivity index (χ2n) is 7.38. The molecule has 2 aromatic rings. The van der Waals surface area contributed by atoms with Gasteiger partial charge in [0.15, 0.2) is 0 Å². The van der Waals surface area contributed by atoms with Crippen molar-refractivity contribution < 1.29 is 9.66 Å². The van der Waals surface area contributed by atoms with E-state index in [9.17, 15) is 10.1 Å². The quantitative estimate of drug-likeness (QED) is 0.583. The van der Waals surface area contributed by atoms with Crippen LogP contribution in [0.15, 0.2) is 48.7 Å². The molecule has 1 aromatic carbocycles. The highest BCUT2D eigenvalue weighted by molar-refractivity contribution is 5.47. The molecule has 0 saturated carbocycles. The second kappa shape index (κ2) is 7.41. The lowest BCUT2D eigenvalue weighted by molar-refractivity contribution is -0.385. The summed E-state index contributed by atoms with van der Waals surface area (Å²) < 4.78 is 5.88. The van der Waals surface area contributed by atoms with E-state index in [-0.39, 0.29) is 23.4 Å². The number of rotatable bonds is 5.